The molecule has 1 aromatic heterocycles. The Bertz CT molecular complexity index is 556. The van der Waals surface area contributed by atoms with E-state index in [1.54, 1.807) is 0 Å². The zero-order chi connectivity index (χ0) is 11.4. The van der Waals surface area contributed by atoms with Gasteiger partial charge in [0.05, 0.1) is 5.52 Å². The van der Waals surface area contributed by atoms with Gasteiger partial charge in [-0.3, -0.25) is 0 Å². The van der Waals surface area contributed by atoms with Crippen LogP contribution < -0.4 is 0 Å². The van der Waals surface area contributed by atoms with Crippen molar-refractivity contribution in [1.29, 1.82) is 0 Å². The highest BCUT2D eigenvalue weighted by atomic mass is 14.7. The van der Waals surface area contributed by atoms with E-state index in [0.717, 1.165) is 16.7 Å². The Morgan fingerprint density at radius 3 is 2.94 bits per heavy atom. The second kappa shape index (κ2) is 4.67. The SMILES string of the molecule is C=C(/C=C\C=C/C)c1cccc2cc[nH]c12. The molecule has 16 heavy (non-hydrogen) atoms. The van der Waals surface area contributed by atoms with Crippen LogP contribution in [0.4, 0.5) is 0 Å². The Balaban J connectivity index is 2.39. The van der Waals surface area contributed by atoms with E-state index < -0.39 is 0 Å². The van der Waals surface area contributed by atoms with Crippen molar-refractivity contribution in [2.75, 3.05) is 0 Å². The van der Waals surface area contributed by atoms with Crippen molar-refractivity contribution in [3.63, 3.8) is 0 Å². The molecular formula is C15H15N. The van der Waals surface area contributed by atoms with Crippen molar-refractivity contribution >= 4 is 16.5 Å². The molecule has 0 amide bonds. The summed E-state index contributed by atoms with van der Waals surface area (Å²) < 4.78 is 0. The van der Waals surface area contributed by atoms with Crippen LogP contribution in [-0.2, 0) is 0 Å². The van der Waals surface area contributed by atoms with Gasteiger partial charge in [0.1, 0.15) is 0 Å². The van der Waals surface area contributed by atoms with Crippen LogP contribution in [0.25, 0.3) is 16.5 Å². The van der Waals surface area contributed by atoms with Crippen LogP contribution in [0.5, 0.6) is 0 Å². The highest BCUT2D eigenvalue weighted by Crippen LogP contribution is 2.23. The number of benzene rings is 1. The van der Waals surface area contributed by atoms with Crippen LogP contribution in [-0.4, -0.2) is 4.98 Å². The van der Waals surface area contributed by atoms with Crippen LogP contribution in [0.1, 0.15) is 12.5 Å². The molecule has 2 rings (SSSR count). The van der Waals surface area contributed by atoms with Crippen LogP contribution in [0.3, 0.4) is 0 Å². The van der Waals surface area contributed by atoms with Gasteiger partial charge in [0, 0.05) is 11.8 Å². The van der Waals surface area contributed by atoms with Gasteiger partial charge in [-0.2, -0.15) is 0 Å². The van der Waals surface area contributed by atoms with Crippen LogP contribution in [0, 0.1) is 0 Å². The second-order valence-electron chi connectivity index (χ2n) is 3.66. The minimum atomic E-state index is 1.02. The van der Waals surface area contributed by atoms with Crippen molar-refractivity contribution in [3.05, 3.63) is 66.9 Å². The van der Waals surface area contributed by atoms with E-state index in [4.69, 9.17) is 0 Å². The number of allylic oxidation sites excluding steroid dienone is 5. The van der Waals surface area contributed by atoms with E-state index in [2.05, 4.69) is 35.8 Å². The molecule has 1 heterocycles. The summed E-state index contributed by atoms with van der Waals surface area (Å²) in [5, 5.41) is 1.22. The number of hydrogen-bond donors (Lipinski definition) is 1. The van der Waals surface area contributed by atoms with Crippen molar-refractivity contribution in [2.24, 2.45) is 0 Å². The second-order valence-corrected chi connectivity index (χ2v) is 3.66. The third-order valence-corrected chi connectivity index (χ3v) is 2.53. The zero-order valence-electron chi connectivity index (χ0n) is 9.40. The molecule has 1 aromatic carbocycles. The third-order valence-electron chi connectivity index (χ3n) is 2.53. The highest BCUT2D eigenvalue weighted by Gasteiger charge is 2.02. The molecule has 0 fully saturated rings. The van der Waals surface area contributed by atoms with Gasteiger partial charge in [-0.25, -0.2) is 0 Å². The molecule has 0 unspecified atom stereocenters. The molecular weight excluding hydrogens is 194 g/mol. The van der Waals surface area contributed by atoms with Crippen molar-refractivity contribution in [1.82, 2.24) is 4.98 Å². The molecule has 0 saturated carbocycles. The maximum absolute atomic E-state index is 4.09. The maximum atomic E-state index is 4.09. The molecule has 0 saturated heterocycles. The number of aromatic nitrogens is 1. The Hall–Kier alpha value is -2.02. The van der Waals surface area contributed by atoms with Crippen LogP contribution in [0.2, 0.25) is 0 Å². The largest absolute Gasteiger partial charge is 0.361 e. The summed E-state index contributed by atoms with van der Waals surface area (Å²) in [7, 11) is 0. The Morgan fingerprint density at radius 1 is 1.25 bits per heavy atom. The molecule has 0 aliphatic rings. The fourth-order valence-electron chi connectivity index (χ4n) is 1.73. The summed E-state index contributed by atoms with van der Waals surface area (Å²) in [6.45, 7) is 6.08. The first kappa shape index (κ1) is 10.5. The minimum absolute atomic E-state index is 1.02. The molecule has 1 N–H and O–H groups in total. The Kier molecular flexibility index (Phi) is 3.06. The normalized spacial score (nSPS) is 11.8. The molecule has 2 aromatic rings. The monoisotopic (exact) mass is 209 g/mol. The molecule has 0 bridgehead atoms. The summed E-state index contributed by atoms with van der Waals surface area (Å²) >= 11 is 0. The number of rotatable bonds is 3. The molecule has 0 atom stereocenters. The van der Waals surface area contributed by atoms with Crippen molar-refractivity contribution in [3.8, 4) is 0 Å². The van der Waals surface area contributed by atoms with E-state index in [1.807, 2.05) is 37.4 Å². The van der Waals surface area contributed by atoms with Gasteiger partial charge in [0.15, 0.2) is 0 Å². The summed E-state index contributed by atoms with van der Waals surface area (Å²) in [5.41, 5.74) is 3.33. The molecule has 0 radical (unpaired) electrons. The first-order chi connectivity index (χ1) is 7.83. The predicted octanol–water partition coefficient (Wildman–Crippen LogP) is 4.31. The average Bonchev–Trinajstić information content (AvgIpc) is 2.76. The van der Waals surface area contributed by atoms with E-state index in [9.17, 15) is 0 Å². The average molecular weight is 209 g/mol. The van der Waals surface area contributed by atoms with Gasteiger partial charge in [0.2, 0.25) is 0 Å². The number of para-hydroxylation sites is 1. The predicted molar refractivity (Wildman–Crippen MR) is 71.3 cm³/mol. The Morgan fingerprint density at radius 2 is 2.12 bits per heavy atom. The third kappa shape index (κ3) is 1.98. The minimum Gasteiger partial charge on any atom is -0.361 e. The molecule has 1 nitrogen and oxygen atoms in total. The lowest BCUT2D eigenvalue weighted by Crippen LogP contribution is -1.81. The van der Waals surface area contributed by atoms with E-state index in [0.29, 0.717) is 0 Å². The lowest BCUT2D eigenvalue weighted by molar-refractivity contribution is 1.46. The highest BCUT2D eigenvalue weighted by molar-refractivity contribution is 5.93. The fraction of sp³-hybridized carbons (Fsp3) is 0.0667. The quantitative estimate of drug-likeness (QED) is 0.725. The van der Waals surface area contributed by atoms with Crippen molar-refractivity contribution < 1.29 is 0 Å². The lowest BCUT2D eigenvalue weighted by atomic mass is 10.0. The van der Waals surface area contributed by atoms with Gasteiger partial charge in [-0.05, 0) is 23.9 Å². The van der Waals surface area contributed by atoms with E-state index in [1.165, 1.54) is 5.39 Å². The van der Waals surface area contributed by atoms with Gasteiger partial charge < -0.3 is 4.98 Å². The maximum Gasteiger partial charge on any atom is 0.0533 e. The standard InChI is InChI=1S/C15H15N/c1-3-4-5-7-12(2)14-9-6-8-13-10-11-16-15(13)14/h3-11,16H,2H2,1H3/b4-3-,7-5-. The summed E-state index contributed by atoms with van der Waals surface area (Å²) in [5.74, 6) is 0. The molecule has 80 valence electrons. The first-order valence-corrected chi connectivity index (χ1v) is 5.37. The van der Waals surface area contributed by atoms with E-state index in [-0.39, 0.29) is 0 Å². The number of aromatic amines is 1. The number of hydrogen-bond acceptors (Lipinski definition) is 0. The van der Waals surface area contributed by atoms with Crippen molar-refractivity contribution in [2.45, 2.75) is 6.92 Å². The lowest BCUT2D eigenvalue weighted by Gasteiger charge is -2.02. The topological polar surface area (TPSA) is 15.8 Å². The van der Waals surface area contributed by atoms with Gasteiger partial charge >= 0.3 is 0 Å². The number of fused-ring (bicyclic) bond motifs is 1. The number of H-pyrrole nitrogens is 1. The van der Waals surface area contributed by atoms with Gasteiger partial charge in [-0.15, -0.1) is 0 Å². The molecule has 1 heteroatoms. The Labute approximate surface area is 95.8 Å². The summed E-state index contributed by atoms with van der Waals surface area (Å²) in [6, 6.07) is 8.31. The molecule has 0 aliphatic heterocycles. The van der Waals surface area contributed by atoms with Crippen LogP contribution in [0.15, 0.2) is 61.3 Å². The summed E-state index contributed by atoms with van der Waals surface area (Å²) in [6.07, 6.45) is 9.98. The summed E-state index contributed by atoms with van der Waals surface area (Å²) in [4.78, 5) is 3.25. The van der Waals surface area contributed by atoms with Crippen LogP contribution >= 0.6 is 0 Å². The fourth-order valence-corrected chi connectivity index (χ4v) is 1.73. The molecule has 0 spiro atoms. The van der Waals surface area contributed by atoms with Gasteiger partial charge in [0.25, 0.3) is 0 Å². The smallest absolute Gasteiger partial charge is 0.0533 e. The zero-order valence-corrected chi connectivity index (χ0v) is 9.40. The van der Waals surface area contributed by atoms with E-state index >= 15 is 0 Å². The number of nitrogens with one attached hydrogen (secondary N) is 1. The first-order valence-electron chi connectivity index (χ1n) is 5.37. The molecule has 0 aliphatic carbocycles. The van der Waals surface area contributed by atoms with Gasteiger partial charge in [-0.1, -0.05) is 49.1 Å².